The van der Waals surface area contributed by atoms with Crippen LogP contribution in [0.5, 0.6) is 0 Å². The molecule has 0 aliphatic rings. The molecule has 0 fully saturated rings. The van der Waals surface area contributed by atoms with Crippen LogP contribution in [0.15, 0.2) is 36.5 Å². The van der Waals surface area contributed by atoms with Gasteiger partial charge in [0.15, 0.2) is 0 Å². The first-order valence-electron chi connectivity index (χ1n) is 32.3. The van der Waals surface area contributed by atoms with Crippen LogP contribution in [0.1, 0.15) is 322 Å². The number of hydrogen-bond acceptors (Lipinski definition) is 6. The zero-order valence-corrected chi connectivity index (χ0v) is 51.0. The highest BCUT2D eigenvalue weighted by Gasteiger charge is 2.24. The number of hydrogen-bond donors (Lipinski definition) is 2. The topological polar surface area (TPSA) is 108 Å². The third-order valence-corrected chi connectivity index (χ3v) is 15.8. The second-order valence-electron chi connectivity index (χ2n) is 23.5. The molecule has 2 N–H and O–H groups in total. The normalized spacial score (nSPS) is 14.0. The minimum atomic E-state index is -4.57. The summed E-state index contributed by atoms with van der Waals surface area (Å²) in [5.74, 6) is -0.159. The number of rotatable bonds is 60. The average molecular weight is 1060 g/mol. The summed E-state index contributed by atoms with van der Waals surface area (Å²) in [5, 5.41) is 14.0. The molecule has 0 aromatic carbocycles. The van der Waals surface area contributed by atoms with E-state index in [9.17, 15) is 19.4 Å². The molecular formula is C65H127N2O6P. The molecule has 3 unspecified atom stereocenters. The van der Waals surface area contributed by atoms with Gasteiger partial charge in [0.1, 0.15) is 13.2 Å². The summed E-state index contributed by atoms with van der Waals surface area (Å²) in [6.07, 6.45) is 73.5. The number of aliphatic hydroxyl groups excluding tert-OH is 1. The molecular weight excluding hydrogens is 936 g/mol. The molecule has 0 saturated heterocycles. The summed E-state index contributed by atoms with van der Waals surface area (Å²) in [4.78, 5) is 25.6. The van der Waals surface area contributed by atoms with Crippen molar-refractivity contribution in [3.8, 4) is 0 Å². The predicted octanol–water partition coefficient (Wildman–Crippen LogP) is 19.5. The summed E-state index contributed by atoms with van der Waals surface area (Å²) in [7, 11) is 1.32. The number of quaternary nitrogens is 1. The van der Waals surface area contributed by atoms with E-state index in [0.717, 1.165) is 51.4 Å². The lowest BCUT2D eigenvalue weighted by molar-refractivity contribution is -0.870. The number of nitrogens with one attached hydrogen (secondary N) is 1. The minimum absolute atomic E-state index is 0.0143. The molecule has 74 heavy (non-hydrogen) atoms. The Balaban J connectivity index is 3.91. The zero-order valence-electron chi connectivity index (χ0n) is 50.1. The number of amides is 1. The van der Waals surface area contributed by atoms with Crippen LogP contribution in [0.2, 0.25) is 0 Å². The Morgan fingerprint density at radius 1 is 0.473 bits per heavy atom. The quantitative estimate of drug-likeness (QED) is 0.0272. The van der Waals surface area contributed by atoms with Crippen LogP contribution < -0.4 is 10.2 Å². The van der Waals surface area contributed by atoms with Crippen molar-refractivity contribution in [2.24, 2.45) is 0 Å². The third kappa shape index (κ3) is 58.4. The third-order valence-electron chi connectivity index (χ3n) is 14.9. The molecule has 0 aliphatic carbocycles. The fraction of sp³-hybridized carbons (Fsp3) is 0.892. The first-order chi connectivity index (χ1) is 36.0. The Labute approximate surface area is 461 Å². The van der Waals surface area contributed by atoms with Crippen LogP contribution in [-0.4, -0.2) is 68.5 Å². The van der Waals surface area contributed by atoms with E-state index >= 15 is 0 Å². The molecule has 0 spiro atoms. The fourth-order valence-corrected chi connectivity index (χ4v) is 10.5. The molecule has 1 amide bonds. The highest BCUT2D eigenvalue weighted by atomic mass is 31.2. The first kappa shape index (κ1) is 72.7. The van der Waals surface area contributed by atoms with Gasteiger partial charge in [0, 0.05) is 6.42 Å². The van der Waals surface area contributed by atoms with Crippen molar-refractivity contribution in [1.29, 1.82) is 0 Å². The monoisotopic (exact) mass is 1060 g/mol. The highest BCUT2D eigenvalue weighted by Crippen LogP contribution is 2.38. The van der Waals surface area contributed by atoms with Crippen molar-refractivity contribution >= 4 is 13.7 Å². The van der Waals surface area contributed by atoms with E-state index in [2.05, 4.69) is 55.6 Å². The molecule has 0 aliphatic heterocycles. The molecule has 0 bridgehead atoms. The van der Waals surface area contributed by atoms with Gasteiger partial charge in [-0.15, -0.1) is 0 Å². The summed E-state index contributed by atoms with van der Waals surface area (Å²) in [5.41, 5.74) is 0. The average Bonchev–Trinajstić information content (AvgIpc) is 3.36. The molecule has 9 heteroatoms. The van der Waals surface area contributed by atoms with Crippen LogP contribution in [0, 0.1) is 0 Å². The number of phosphoric acid groups is 1. The highest BCUT2D eigenvalue weighted by molar-refractivity contribution is 7.45. The molecule has 438 valence electrons. The van der Waals surface area contributed by atoms with E-state index in [1.807, 2.05) is 21.1 Å². The first-order valence-corrected chi connectivity index (χ1v) is 33.8. The van der Waals surface area contributed by atoms with Crippen molar-refractivity contribution < 1.29 is 32.9 Å². The largest absolute Gasteiger partial charge is 0.756 e. The molecule has 0 heterocycles. The summed E-state index contributed by atoms with van der Waals surface area (Å²) in [6, 6.07) is -0.798. The maximum Gasteiger partial charge on any atom is 0.268 e. The Morgan fingerprint density at radius 2 is 0.784 bits per heavy atom. The van der Waals surface area contributed by atoms with E-state index in [1.54, 1.807) is 0 Å². The van der Waals surface area contributed by atoms with Crippen molar-refractivity contribution in [2.75, 3.05) is 40.9 Å². The Kier molecular flexibility index (Phi) is 55.5. The Hall–Kier alpha value is -1.28. The number of carbonyl (C=O) groups excluding carboxylic acids is 1. The van der Waals surface area contributed by atoms with Crippen LogP contribution in [0.4, 0.5) is 0 Å². The van der Waals surface area contributed by atoms with Gasteiger partial charge >= 0.3 is 0 Å². The number of unbranched alkanes of at least 4 members (excludes halogenated alkanes) is 41. The maximum absolute atomic E-state index is 13.0. The van der Waals surface area contributed by atoms with Gasteiger partial charge in [-0.1, -0.05) is 301 Å². The lowest BCUT2D eigenvalue weighted by Crippen LogP contribution is -2.46. The van der Waals surface area contributed by atoms with Gasteiger partial charge in [-0.2, -0.15) is 0 Å². The van der Waals surface area contributed by atoms with E-state index < -0.39 is 20.0 Å². The fourth-order valence-electron chi connectivity index (χ4n) is 9.82. The van der Waals surface area contributed by atoms with Crippen LogP contribution >= 0.6 is 7.82 Å². The SMILES string of the molecule is CCCCCCC/C=C\C/C=C\C/C=C\CCCCCCCCCCCCCCCCCCCCCCCCC(=O)NC(COP(=O)([O-])OCC[N+](C)(C)C)C(O)CCCCCCCCCCCCCCCCC. The summed E-state index contributed by atoms with van der Waals surface area (Å²) in [6.45, 7) is 4.75. The van der Waals surface area contributed by atoms with Gasteiger partial charge in [0.05, 0.1) is 39.9 Å². The lowest BCUT2D eigenvalue weighted by Gasteiger charge is -2.30. The van der Waals surface area contributed by atoms with E-state index in [4.69, 9.17) is 9.05 Å². The van der Waals surface area contributed by atoms with Gasteiger partial charge in [0.25, 0.3) is 7.82 Å². The number of phosphoric ester groups is 1. The number of likely N-dealkylation sites (N-methyl/N-ethyl adjacent to an activating group) is 1. The zero-order chi connectivity index (χ0) is 54.2. The molecule has 8 nitrogen and oxygen atoms in total. The van der Waals surface area contributed by atoms with Gasteiger partial charge in [0.2, 0.25) is 5.91 Å². The molecule has 0 radical (unpaired) electrons. The molecule has 0 aromatic heterocycles. The van der Waals surface area contributed by atoms with Gasteiger partial charge in [-0.05, 0) is 51.4 Å². The summed E-state index contributed by atoms with van der Waals surface area (Å²) < 4.78 is 23.4. The second kappa shape index (κ2) is 56.4. The van der Waals surface area contributed by atoms with Crippen LogP contribution in [0.3, 0.4) is 0 Å². The Bertz CT molecular complexity index is 1300. The minimum Gasteiger partial charge on any atom is -0.756 e. The number of allylic oxidation sites excluding steroid dienone is 6. The second-order valence-corrected chi connectivity index (χ2v) is 24.9. The smallest absolute Gasteiger partial charge is 0.268 e. The van der Waals surface area contributed by atoms with Crippen molar-refractivity contribution in [1.82, 2.24) is 5.32 Å². The summed E-state index contributed by atoms with van der Waals surface area (Å²) >= 11 is 0. The number of carbonyl (C=O) groups is 1. The molecule has 3 atom stereocenters. The molecule has 0 saturated carbocycles. The number of nitrogens with zero attached hydrogens (tertiary/aromatic N) is 1. The van der Waals surface area contributed by atoms with Crippen molar-refractivity contribution in [3.05, 3.63) is 36.5 Å². The number of aliphatic hydroxyl groups is 1. The van der Waals surface area contributed by atoms with E-state index in [0.29, 0.717) is 23.9 Å². The van der Waals surface area contributed by atoms with Gasteiger partial charge in [-0.25, -0.2) is 0 Å². The van der Waals surface area contributed by atoms with E-state index in [1.165, 1.54) is 244 Å². The van der Waals surface area contributed by atoms with Gasteiger partial charge < -0.3 is 28.8 Å². The van der Waals surface area contributed by atoms with Crippen LogP contribution in [0.25, 0.3) is 0 Å². The van der Waals surface area contributed by atoms with Crippen molar-refractivity contribution in [2.45, 2.75) is 334 Å². The lowest BCUT2D eigenvalue weighted by atomic mass is 10.0. The Morgan fingerprint density at radius 3 is 1.14 bits per heavy atom. The molecule has 0 rings (SSSR count). The van der Waals surface area contributed by atoms with E-state index in [-0.39, 0.29) is 19.1 Å². The van der Waals surface area contributed by atoms with Crippen LogP contribution in [-0.2, 0) is 18.4 Å². The maximum atomic E-state index is 13.0. The molecule has 0 aromatic rings. The van der Waals surface area contributed by atoms with Crippen molar-refractivity contribution in [3.63, 3.8) is 0 Å². The van der Waals surface area contributed by atoms with Gasteiger partial charge in [-0.3, -0.25) is 9.36 Å². The standard InChI is InChI=1S/C65H127N2O6P/c1-6-8-10-12-14-16-18-20-22-23-24-25-26-27-28-29-30-31-32-33-34-35-36-37-38-39-40-41-42-43-45-47-49-51-53-55-57-59-65(69)66-63(62-73-74(70,71)72-61-60-67(3,4)5)64(68)58-56-54-52-50-48-46-44-21-19-17-15-13-11-9-7-2/h18,20,23-24,26-27,63-64,68H,6-17,19,21-22,25,28-62H2,1-5H3,(H-,66,69,70,71)/b20-18-,24-23-,27-26-. The predicted molar refractivity (Wildman–Crippen MR) is 321 cm³/mol.